The molecule has 1 amide bonds. The molecule has 0 radical (unpaired) electrons. The number of ether oxygens (including phenoxy) is 1. The Morgan fingerprint density at radius 1 is 1.48 bits per heavy atom. The van der Waals surface area contributed by atoms with Crippen molar-refractivity contribution in [1.29, 1.82) is 0 Å². The molecule has 0 aliphatic carbocycles. The van der Waals surface area contributed by atoms with Gasteiger partial charge in [0.2, 0.25) is 5.91 Å². The zero-order valence-electron chi connectivity index (χ0n) is 12.3. The summed E-state index contributed by atoms with van der Waals surface area (Å²) in [5.74, 6) is -0.420. The quantitative estimate of drug-likeness (QED) is 0.861. The molecule has 1 heterocycles. The van der Waals surface area contributed by atoms with Gasteiger partial charge >= 0.3 is 0 Å². The van der Waals surface area contributed by atoms with E-state index in [0.717, 1.165) is 12.0 Å². The molecular weight excluding hydrogens is 284 g/mol. The normalized spacial score (nSPS) is 20.6. The van der Waals surface area contributed by atoms with Crippen LogP contribution in [-0.2, 0) is 16.0 Å². The van der Waals surface area contributed by atoms with Crippen LogP contribution in [0.1, 0.15) is 18.9 Å². The summed E-state index contributed by atoms with van der Waals surface area (Å²) in [6, 6.07) is 9.85. The summed E-state index contributed by atoms with van der Waals surface area (Å²) in [6.45, 7) is 3.99. The van der Waals surface area contributed by atoms with E-state index in [1.54, 1.807) is 0 Å². The molecule has 1 aliphatic heterocycles. The Labute approximate surface area is 131 Å². The Kier molecular flexibility index (Phi) is 5.70. The van der Waals surface area contributed by atoms with Crippen molar-refractivity contribution in [3.8, 4) is 0 Å². The van der Waals surface area contributed by atoms with Gasteiger partial charge in [-0.15, -0.1) is 0 Å². The zero-order chi connectivity index (χ0) is 15.2. The van der Waals surface area contributed by atoms with Crippen LogP contribution in [-0.4, -0.2) is 41.6 Å². The maximum atomic E-state index is 12.7. The average Bonchev–Trinajstić information content (AvgIpc) is 2.69. The Hall–Kier alpha value is -1.46. The lowest BCUT2D eigenvalue weighted by atomic mass is 9.97. The molecule has 2 atom stereocenters. The number of carbonyl (C=O) groups excluding carboxylic acids is 1. The maximum Gasteiger partial charge on any atom is 0.232 e. The van der Waals surface area contributed by atoms with Crippen LogP contribution in [0.2, 0.25) is 0 Å². The van der Waals surface area contributed by atoms with E-state index in [1.807, 2.05) is 42.2 Å². The summed E-state index contributed by atoms with van der Waals surface area (Å²) in [5.41, 5.74) is 6.89. The predicted octanol–water partition coefficient (Wildman–Crippen LogP) is 1.77. The highest BCUT2D eigenvalue weighted by molar-refractivity contribution is 7.80. The third-order valence-electron chi connectivity index (χ3n) is 3.69. The summed E-state index contributed by atoms with van der Waals surface area (Å²) in [4.78, 5) is 14.8. The molecule has 0 spiro atoms. The lowest BCUT2D eigenvalue weighted by molar-refractivity contribution is -0.134. The Morgan fingerprint density at radius 3 is 2.86 bits per heavy atom. The van der Waals surface area contributed by atoms with Crippen molar-refractivity contribution in [2.45, 2.75) is 25.9 Å². The van der Waals surface area contributed by atoms with Crippen LogP contribution < -0.4 is 5.73 Å². The van der Waals surface area contributed by atoms with Gasteiger partial charge < -0.3 is 15.4 Å². The van der Waals surface area contributed by atoms with Gasteiger partial charge in [0.05, 0.1) is 17.0 Å². The van der Waals surface area contributed by atoms with Gasteiger partial charge in [0.15, 0.2) is 0 Å². The topological polar surface area (TPSA) is 55.6 Å². The molecule has 1 aliphatic rings. The first-order chi connectivity index (χ1) is 10.1. The number of hydrogen-bond acceptors (Lipinski definition) is 3. The van der Waals surface area contributed by atoms with E-state index in [0.29, 0.717) is 26.1 Å². The van der Waals surface area contributed by atoms with Gasteiger partial charge in [-0.25, -0.2) is 0 Å². The van der Waals surface area contributed by atoms with Gasteiger partial charge in [0, 0.05) is 19.7 Å². The third kappa shape index (κ3) is 4.51. The van der Waals surface area contributed by atoms with E-state index in [9.17, 15) is 4.79 Å². The van der Waals surface area contributed by atoms with E-state index in [2.05, 4.69) is 0 Å². The number of benzene rings is 1. The van der Waals surface area contributed by atoms with E-state index < -0.39 is 5.92 Å². The molecule has 2 unspecified atom stereocenters. The number of nitrogens with two attached hydrogens (primary N) is 1. The van der Waals surface area contributed by atoms with Gasteiger partial charge in [0.25, 0.3) is 0 Å². The lowest BCUT2D eigenvalue weighted by Crippen LogP contribution is -2.44. The van der Waals surface area contributed by atoms with E-state index in [1.165, 1.54) is 0 Å². The molecule has 2 N–H and O–H groups in total. The van der Waals surface area contributed by atoms with Crippen LogP contribution in [0.4, 0.5) is 0 Å². The molecule has 2 rings (SSSR count). The van der Waals surface area contributed by atoms with Crippen molar-refractivity contribution in [3.63, 3.8) is 0 Å². The van der Waals surface area contributed by atoms with Gasteiger partial charge in [-0.3, -0.25) is 4.79 Å². The predicted molar refractivity (Wildman–Crippen MR) is 87.0 cm³/mol. The SMILES string of the molecule is CC1CN(C(=O)C(Cc2ccccc2)C(N)=S)CCCO1. The zero-order valence-corrected chi connectivity index (χ0v) is 13.1. The number of thiocarbonyl (C=S) groups is 1. The summed E-state index contributed by atoms with van der Waals surface area (Å²) in [6.07, 6.45) is 1.46. The first kappa shape index (κ1) is 15.9. The molecule has 0 aromatic heterocycles. The average molecular weight is 306 g/mol. The summed E-state index contributed by atoms with van der Waals surface area (Å²) >= 11 is 5.12. The van der Waals surface area contributed by atoms with Gasteiger partial charge in [-0.05, 0) is 25.3 Å². The molecular formula is C16H22N2O2S. The molecule has 1 saturated heterocycles. The smallest absolute Gasteiger partial charge is 0.232 e. The molecule has 0 saturated carbocycles. The molecule has 21 heavy (non-hydrogen) atoms. The Bertz CT molecular complexity index is 492. The van der Waals surface area contributed by atoms with Crippen molar-refractivity contribution >= 4 is 23.1 Å². The highest BCUT2D eigenvalue weighted by Gasteiger charge is 2.28. The first-order valence-corrected chi connectivity index (χ1v) is 7.72. The monoisotopic (exact) mass is 306 g/mol. The largest absolute Gasteiger partial charge is 0.393 e. The fourth-order valence-corrected chi connectivity index (χ4v) is 2.76. The van der Waals surface area contributed by atoms with Crippen molar-refractivity contribution in [3.05, 3.63) is 35.9 Å². The minimum absolute atomic E-state index is 0.0173. The van der Waals surface area contributed by atoms with Crippen LogP contribution in [0.25, 0.3) is 0 Å². The molecule has 114 valence electrons. The van der Waals surface area contributed by atoms with E-state index in [-0.39, 0.29) is 17.0 Å². The van der Waals surface area contributed by atoms with E-state index >= 15 is 0 Å². The number of rotatable bonds is 4. The lowest BCUT2D eigenvalue weighted by Gasteiger charge is -2.26. The standard InChI is InChI=1S/C16H22N2O2S/c1-12-11-18(8-5-9-20-12)16(19)14(15(17)21)10-13-6-3-2-4-7-13/h2-4,6-7,12,14H,5,8-11H2,1H3,(H2,17,21). The molecule has 5 heteroatoms. The fourth-order valence-electron chi connectivity index (χ4n) is 2.57. The molecule has 0 bridgehead atoms. The minimum atomic E-state index is -0.437. The first-order valence-electron chi connectivity index (χ1n) is 7.31. The highest BCUT2D eigenvalue weighted by atomic mass is 32.1. The Morgan fingerprint density at radius 2 is 2.19 bits per heavy atom. The summed E-state index contributed by atoms with van der Waals surface area (Å²) in [5, 5.41) is 0. The molecule has 1 aromatic rings. The molecule has 1 aromatic carbocycles. The van der Waals surface area contributed by atoms with Gasteiger partial charge in [-0.1, -0.05) is 42.5 Å². The van der Waals surface area contributed by atoms with Crippen molar-refractivity contribution in [1.82, 2.24) is 4.90 Å². The second kappa shape index (κ2) is 7.52. The summed E-state index contributed by atoms with van der Waals surface area (Å²) in [7, 11) is 0. The second-order valence-electron chi connectivity index (χ2n) is 5.46. The second-order valence-corrected chi connectivity index (χ2v) is 5.94. The van der Waals surface area contributed by atoms with Crippen LogP contribution in [0.15, 0.2) is 30.3 Å². The number of hydrogen-bond donors (Lipinski definition) is 1. The number of nitrogens with zero attached hydrogens (tertiary/aromatic N) is 1. The van der Waals surface area contributed by atoms with Crippen LogP contribution in [0.5, 0.6) is 0 Å². The van der Waals surface area contributed by atoms with Crippen LogP contribution in [0.3, 0.4) is 0 Å². The minimum Gasteiger partial charge on any atom is -0.393 e. The maximum absolute atomic E-state index is 12.7. The van der Waals surface area contributed by atoms with Gasteiger partial charge in [-0.2, -0.15) is 0 Å². The van der Waals surface area contributed by atoms with Crippen molar-refractivity contribution in [2.24, 2.45) is 11.7 Å². The fraction of sp³-hybridized carbons (Fsp3) is 0.500. The molecule has 4 nitrogen and oxygen atoms in total. The molecule has 1 fully saturated rings. The summed E-state index contributed by atoms with van der Waals surface area (Å²) < 4.78 is 5.58. The van der Waals surface area contributed by atoms with Gasteiger partial charge in [0.1, 0.15) is 0 Å². The van der Waals surface area contributed by atoms with E-state index in [4.69, 9.17) is 22.7 Å². The van der Waals surface area contributed by atoms with Crippen LogP contribution in [0, 0.1) is 5.92 Å². The Balaban J connectivity index is 2.10. The van der Waals surface area contributed by atoms with Crippen molar-refractivity contribution < 1.29 is 9.53 Å². The van der Waals surface area contributed by atoms with Crippen molar-refractivity contribution in [2.75, 3.05) is 19.7 Å². The number of carbonyl (C=O) groups is 1. The highest BCUT2D eigenvalue weighted by Crippen LogP contribution is 2.15. The number of amides is 1. The van der Waals surface area contributed by atoms with Crippen LogP contribution >= 0.6 is 12.2 Å². The third-order valence-corrected chi connectivity index (χ3v) is 3.97.